The third kappa shape index (κ3) is 14.1. The van der Waals surface area contributed by atoms with Gasteiger partial charge in [-0.05, 0) is 66.2 Å². The van der Waals surface area contributed by atoms with Crippen LogP contribution in [0.4, 0.5) is 0 Å². The molecule has 8 heteroatoms. The van der Waals surface area contributed by atoms with Gasteiger partial charge in [-0.1, -0.05) is 132 Å². The smallest absolute Gasteiger partial charge is 0.204 e. The van der Waals surface area contributed by atoms with Crippen molar-refractivity contribution in [2.75, 3.05) is 31.0 Å². The van der Waals surface area contributed by atoms with Crippen LogP contribution in [0.1, 0.15) is 142 Å². The molecule has 1 heterocycles. The van der Waals surface area contributed by atoms with Crippen LogP contribution in [0.5, 0.6) is 23.0 Å². The van der Waals surface area contributed by atoms with E-state index in [1.807, 2.05) is 33.8 Å². The van der Waals surface area contributed by atoms with Gasteiger partial charge in [0.2, 0.25) is 5.43 Å². The van der Waals surface area contributed by atoms with E-state index in [0.29, 0.717) is 71.0 Å². The molecule has 52 heavy (non-hydrogen) atoms. The van der Waals surface area contributed by atoms with Gasteiger partial charge in [0.15, 0.2) is 11.5 Å². The first kappa shape index (κ1) is 44.0. The Bertz CT molecular complexity index is 1630. The van der Waals surface area contributed by atoms with Gasteiger partial charge in [0.25, 0.3) is 0 Å². The van der Waals surface area contributed by atoms with Gasteiger partial charge in [-0.2, -0.15) is 0 Å². The second-order valence-electron chi connectivity index (χ2n) is 14.5. The summed E-state index contributed by atoms with van der Waals surface area (Å²) in [5.41, 5.74) is 3.97. The predicted octanol–water partition coefficient (Wildman–Crippen LogP) is 13.5. The summed E-state index contributed by atoms with van der Waals surface area (Å²) in [7, 11) is 1.61. The Morgan fingerprint density at radius 2 is 1.06 bits per heavy atom. The zero-order valence-electron chi connectivity index (χ0n) is 32.6. The SMILES string of the molecule is COc1c(OCCCCCCCCCCBr)cc2oc3cc(OCCCCCCCCCCBr)c(CC=C(C)C)c(O)c3c(=O)c2c1CC=C(C)C. The van der Waals surface area contributed by atoms with Crippen LogP contribution in [0.25, 0.3) is 21.9 Å². The van der Waals surface area contributed by atoms with E-state index >= 15 is 0 Å². The standard InChI is InChI=1S/C44H64Br2O6/c1-32(2)22-24-34-36(50-28-20-16-12-8-6-10-14-18-26-45)30-38-41(42(34)47)43(48)40-35(25-23-33(3)4)44(49-5)39(31-37(40)52-38)51-29-21-17-13-9-7-11-15-19-27-46/h22-23,30-31,47H,6-21,24-29H2,1-5H3. The van der Waals surface area contributed by atoms with Crippen molar-refractivity contribution < 1.29 is 23.7 Å². The second kappa shape index (κ2) is 24.8. The zero-order valence-corrected chi connectivity index (χ0v) is 35.8. The molecule has 0 unspecified atom stereocenters. The number of benzene rings is 2. The van der Waals surface area contributed by atoms with Crippen molar-refractivity contribution in [2.24, 2.45) is 0 Å². The molecule has 0 saturated heterocycles. The molecule has 0 radical (unpaired) electrons. The number of unbranched alkanes of at least 4 members (excludes halogenated alkanes) is 14. The van der Waals surface area contributed by atoms with E-state index < -0.39 is 0 Å². The second-order valence-corrected chi connectivity index (χ2v) is 16.1. The average Bonchev–Trinajstić information content (AvgIpc) is 3.11. The highest BCUT2D eigenvalue weighted by molar-refractivity contribution is 9.09. The minimum atomic E-state index is -0.284. The van der Waals surface area contributed by atoms with Crippen molar-refractivity contribution in [1.29, 1.82) is 0 Å². The first-order valence-electron chi connectivity index (χ1n) is 19.7. The maximum Gasteiger partial charge on any atom is 0.204 e. The summed E-state index contributed by atoms with van der Waals surface area (Å²) >= 11 is 7.02. The van der Waals surface area contributed by atoms with E-state index in [9.17, 15) is 9.90 Å². The molecule has 0 fully saturated rings. The van der Waals surface area contributed by atoms with Gasteiger partial charge in [0.1, 0.15) is 28.1 Å². The number of methoxy groups -OCH3 is 1. The lowest BCUT2D eigenvalue weighted by Gasteiger charge is -2.18. The van der Waals surface area contributed by atoms with Gasteiger partial charge in [0.05, 0.1) is 25.7 Å². The van der Waals surface area contributed by atoms with Gasteiger partial charge in [-0.3, -0.25) is 4.79 Å². The zero-order chi connectivity index (χ0) is 37.7. The molecule has 1 aromatic heterocycles. The Hall–Kier alpha value is -2.45. The first-order chi connectivity index (χ1) is 25.2. The minimum Gasteiger partial charge on any atom is -0.507 e. The summed E-state index contributed by atoms with van der Waals surface area (Å²) in [4.78, 5) is 14.4. The number of alkyl halides is 2. The molecule has 2 aromatic carbocycles. The molecule has 0 spiro atoms. The number of aromatic hydroxyl groups is 1. The number of hydrogen-bond acceptors (Lipinski definition) is 6. The molecule has 1 N–H and O–H groups in total. The summed E-state index contributed by atoms with van der Waals surface area (Å²) < 4.78 is 25.1. The Balaban J connectivity index is 1.91. The molecule has 0 aliphatic heterocycles. The fourth-order valence-electron chi connectivity index (χ4n) is 6.55. The maximum atomic E-state index is 14.4. The summed E-state index contributed by atoms with van der Waals surface area (Å²) in [6.45, 7) is 9.20. The lowest BCUT2D eigenvalue weighted by atomic mass is 9.98. The number of halogens is 2. The predicted molar refractivity (Wildman–Crippen MR) is 227 cm³/mol. The van der Waals surface area contributed by atoms with E-state index in [0.717, 1.165) is 47.5 Å². The Morgan fingerprint density at radius 3 is 1.54 bits per heavy atom. The molecule has 0 saturated carbocycles. The largest absolute Gasteiger partial charge is 0.507 e. The quantitative estimate of drug-likeness (QED) is 0.0356. The minimum absolute atomic E-state index is 0.0836. The topological polar surface area (TPSA) is 78.1 Å². The van der Waals surface area contributed by atoms with Crippen LogP contribution in [0.3, 0.4) is 0 Å². The molecule has 0 bridgehead atoms. The first-order valence-corrected chi connectivity index (χ1v) is 22.0. The molecule has 0 amide bonds. The van der Waals surface area contributed by atoms with Crippen molar-refractivity contribution in [2.45, 2.75) is 143 Å². The van der Waals surface area contributed by atoms with Crippen molar-refractivity contribution in [3.63, 3.8) is 0 Å². The highest BCUT2D eigenvalue weighted by Crippen LogP contribution is 2.42. The molecule has 3 aromatic rings. The molecular formula is C44H64Br2O6. The van der Waals surface area contributed by atoms with E-state index in [1.54, 1.807) is 19.2 Å². The normalized spacial score (nSPS) is 11.3. The van der Waals surface area contributed by atoms with E-state index in [4.69, 9.17) is 18.6 Å². The molecule has 0 aliphatic carbocycles. The van der Waals surface area contributed by atoms with Crippen molar-refractivity contribution in [3.8, 4) is 23.0 Å². The van der Waals surface area contributed by atoms with Crippen LogP contribution in [0, 0.1) is 0 Å². The van der Waals surface area contributed by atoms with Gasteiger partial charge < -0.3 is 23.7 Å². The number of rotatable bonds is 27. The summed E-state index contributed by atoms with van der Waals surface area (Å²) in [5, 5.41) is 14.5. The Labute approximate surface area is 330 Å². The number of allylic oxidation sites excluding steroid dienone is 4. The fourth-order valence-corrected chi connectivity index (χ4v) is 7.34. The van der Waals surface area contributed by atoms with Crippen LogP contribution < -0.4 is 19.6 Å². The molecule has 3 rings (SSSR count). The Kier molecular flexibility index (Phi) is 20.9. The highest BCUT2D eigenvalue weighted by Gasteiger charge is 2.24. The van der Waals surface area contributed by atoms with Crippen molar-refractivity contribution in [3.05, 3.63) is 56.8 Å². The van der Waals surface area contributed by atoms with Gasteiger partial charge in [-0.15, -0.1) is 0 Å². The van der Waals surface area contributed by atoms with Gasteiger partial charge in [0, 0.05) is 33.9 Å². The van der Waals surface area contributed by atoms with Gasteiger partial charge >= 0.3 is 0 Å². The van der Waals surface area contributed by atoms with Crippen LogP contribution in [0.2, 0.25) is 0 Å². The van der Waals surface area contributed by atoms with Crippen molar-refractivity contribution in [1.82, 2.24) is 0 Å². The molecule has 0 aliphatic rings. The number of phenolic OH excluding ortho intramolecular Hbond substituents is 1. The van der Waals surface area contributed by atoms with Crippen molar-refractivity contribution >= 4 is 53.8 Å². The summed E-state index contributed by atoms with van der Waals surface area (Å²) in [6.07, 6.45) is 24.2. The lowest BCUT2D eigenvalue weighted by Crippen LogP contribution is -2.10. The van der Waals surface area contributed by atoms with E-state index in [2.05, 4.69) is 37.9 Å². The van der Waals surface area contributed by atoms with E-state index in [-0.39, 0.29) is 16.6 Å². The molecular weight excluding hydrogens is 784 g/mol. The number of hydrogen-bond donors (Lipinski definition) is 1. The number of fused-ring (bicyclic) bond motifs is 2. The fraction of sp³-hybridized carbons (Fsp3) is 0.614. The lowest BCUT2D eigenvalue weighted by molar-refractivity contribution is 0.284. The van der Waals surface area contributed by atoms with Gasteiger partial charge in [-0.25, -0.2) is 0 Å². The molecule has 0 atom stereocenters. The maximum absolute atomic E-state index is 14.4. The van der Waals surface area contributed by atoms with Crippen LogP contribution in [-0.4, -0.2) is 36.1 Å². The summed E-state index contributed by atoms with van der Waals surface area (Å²) in [6, 6.07) is 3.56. The molecule has 290 valence electrons. The third-order valence-electron chi connectivity index (χ3n) is 9.52. The summed E-state index contributed by atoms with van der Waals surface area (Å²) in [5.74, 6) is 1.57. The monoisotopic (exact) mass is 846 g/mol. The number of phenols is 1. The average molecular weight is 849 g/mol. The van der Waals surface area contributed by atoms with E-state index in [1.165, 1.54) is 77.0 Å². The third-order valence-corrected chi connectivity index (χ3v) is 10.6. The van der Waals surface area contributed by atoms with Crippen LogP contribution >= 0.6 is 31.9 Å². The number of ether oxygens (including phenoxy) is 3. The Morgan fingerprint density at radius 1 is 0.635 bits per heavy atom. The highest BCUT2D eigenvalue weighted by atomic mass is 79.9. The van der Waals surface area contributed by atoms with Crippen LogP contribution in [-0.2, 0) is 12.8 Å². The molecule has 6 nitrogen and oxygen atoms in total. The van der Waals surface area contributed by atoms with Crippen LogP contribution in [0.15, 0.2) is 44.6 Å².